The van der Waals surface area contributed by atoms with Crippen LogP contribution in [0, 0.1) is 12.7 Å². The number of halogens is 1. The SMILES string of the molecule is Cc1csc(NC(=O)CC(c2ccc(F)cc2)N2Cc3ccccc3C2=O)n1. The Hall–Kier alpha value is -3.06. The van der Waals surface area contributed by atoms with Crippen LogP contribution in [0.4, 0.5) is 9.52 Å². The Morgan fingerprint density at radius 1 is 1.25 bits per heavy atom. The molecule has 1 N–H and O–H groups in total. The molecule has 7 heteroatoms. The number of carbonyl (C=O) groups excluding carboxylic acids is 2. The van der Waals surface area contributed by atoms with Gasteiger partial charge in [0, 0.05) is 17.5 Å². The molecule has 0 saturated carbocycles. The van der Waals surface area contributed by atoms with E-state index in [0.717, 1.165) is 11.3 Å². The molecule has 142 valence electrons. The van der Waals surface area contributed by atoms with E-state index in [9.17, 15) is 14.0 Å². The minimum atomic E-state index is -0.499. The average Bonchev–Trinajstić information content (AvgIpc) is 3.24. The summed E-state index contributed by atoms with van der Waals surface area (Å²) in [6.45, 7) is 2.27. The van der Waals surface area contributed by atoms with Gasteiger partial charge in [-0.1, -0.05) is 30.3 Å². The first-order chi connectivity index (χ1) is 13.5. The van der Waals surface area contributed by atoms with Crippen molar-refractivity contribution in [3.05, 3.63) is 82.1 Å². The van der Waals surface area contributed by atoms with Crippen molar-refractivity contribution in [2.75, 3.05) is 5.32 Å². The van der Waals surface area contributed by atoms with Gasteiger partial charge in [0.05, 0.1) is 18.2 Å². The third-order valence-electron chi connectivity index (χ3n) is 4.72. The van der Waals surface area contributed by atoms with Gasteiger partial charge in [-0.2, -0.15) is 0 Å². The highest BCUT2D eigenvalue weighted by atomic mass is 32.1. The van der Waals surface area contributed by atoms with E-state index in [0.29, 0.717) is 22.8 Å². The topological polar surface area (TPSA) is 62.3 Å². The van der Waals surface area contributed by atoms with Gasteiger partial charge in [-0.3, -0.25) is 9.59 Å². The molecule has 0 radical (unpaired) electrons. The number of amides is 2. The molecule has 0 fully saturated rings. The Bertz CT molecular complexity index is 1030. The first kappa shape index (κ1) is 18.3. The van der Waals surface area contributed by atoms with Crippen molar-refractivity contribution in [2.24, 2.45) is 0 Å². The highest BCUT2D eigenvalue weighted by Crippen LogP contribution is 2.34. The third kappa shape index (κ3) is 3.66. The zero-order valence-corrected chi connectivity index (χ0v) is 16.0. The number of carbonyl (C=O) groups is 2. The second kappa shape index (κ2) is 7.52. The summed E-state index contributed by atoms with van der Waals surface area (Å²) >= 11 is 1.35. The third-order valence-corrected chi connectivity index (χ3v) is 5.60. The van der Waals surface area contributed by atoms with Crippen LogP contribution in [0.15, 0.2) is 53.9 Å². The molecule has 28 heavy (non-hydrogen) atoms. The number of thiazole rings is 1. The lowest BCUT2D eigenvalue weighted by molar-refractivity contribution is -0.117. The zero-order chi connectivity index (χ0) is 19.7. The largest absolute Gasteiger partial charge is 0.327 e. The maximum Gasteiger partial charge on any atom is 0.255 e. The lowest BCUT2D eigenvalue weighted by Gasteiger charge is -2.28. The van der Waals surface area contributed by atoms with Crippen molar-refractivity contribution in [1.82, 2.24) is 9.88 Å². The summed E-state index contributed by atoms with van der Waals surface area (Å²) in [5.74, 6) is -0.725. The van der Waals surface area contributed by atoms with Crippen molar-refractivity contribution in [3.8, 4) is 0 Å². The van der Waals surface area contributed by atoms with Crippen molar-refractivity contribution < 1.29 is 14.0 Å². The molecular formula is C21H18FN3O2S. The summed E-state index contributed by atoms with van der Waals surface area (Å²) in [7, 11) is 0. The van der Waals surface area contributed by atoms with E-state index in [-0.39, 0.29) is 24.1 Å². The predicted molar refractivity (Wildman–Crippen MR) is 106 cm³/mol. The number of aryl methyl sites for hydroxylation is 1. The molecule has 1 unspecified atom stereocenters. The van der Waals surface area contributed by atoms with E-state index >= 15 is 0 Å². The summed E-state index contributed by atoms with van der Waals surface area (Å²) in [5, 5.41) is 5.17. The number of rotatable bonds is 5. The Morgan fingerprint density at radius 2 is 2.00 bits per heavy atom. The Morgan fingerprint density at radius 3 is 2.68 bits per heavy atom. The monoisotopic (exact) mass is 395 g/mol. The number of nitrogens with one attached hydrogen (secondary N) is 1. The first-order valence-electron chi connectivity index (χ1n) is 8.87. The van der Waals surface area contributed by atoms with Gasteiger partial charge in [0.25, 0.3) is 5.91 Å². The molecule has 1 atom stereocenters. The zero-order valence-electron chi connectivity index (χ0n) is 15.2. The highest BCUT2D eigenvalue weighted by molar-refractivity contribution is 7.13. The maximum atomic E-state index is 13.4. The smallest absolute Gasteiger partial charge is 0.255 e. The normalized spacial score (nSPS) is 14.1. The molecule has 0 saturated heterocycles. The predicted octanol–water partition coefficient (Wildman–Crippen LogP) is 4.32. The number of anilines is 1. The maximum absolute atomic E-state index is 13.4. The quantitative estimate of drug-likeness (QED) is 0.700. The molecular weight excluding hydrogens is 377 g/mol. The van der Waals surface area contributed by atoms with Crippen LogP contribution < -0.4 is 5.32 Å². The number of aromatic nitrogens is 1. The van der Waals surface area contributed by atoms with Gasteiger partial charge >= 0.3 is 0 Å². The van der Waals surface area contributed by atoms with E-state index < -0.39 is 6.04 Å². The number of hydrogen-bond acceptors (Lipinski definition) is 4. The molecule has 1 aromatic heterocycles. The van der Waals surface area contributed by atoms with Gasteiger partial charge in [0.1, 0.15) is 5.82 Å². The van der Waals surface area contributed by atoms with Crippen molar-refractivity contribution in [1.29, 1.82) is 0 Å². The summed E-state index contributed by atoms with van der Waals surface area (Å²) in [5.41, 5.74) is 3.12. The van der Waals surface area contributed by atoms with Gasteiger partial charge in [0.2, 0.25) is 5.91 Å². The fraction of sp³-hybridized carbons (Fsp3) is 0.190. The summed E-state index contributed by atoms with van der Waals surface area (Å²) in [4.78, 5) is 31.5. The molecule has 1 aliphatic heterocycles. The van der Waals surface area contributed by atoms with Crippen LogP contribution >= 0.6 is 11.3 Å². The average molecular weight is 395 g/mol. The minimum Gasteiger partial charge on any atom is -0.327 e. The second-order valence-corrected chi connectivity index (χ2v) is 7.56. The molecule has 2 amide bonds. The van der Waals surface area contributed by atoms with Gasteiger partial charge in [0.15, 0.2) is 5.13 Å². The van der Waals surface area contributed by atoms with E-state index in [1.165, 1.54) is 23.5 Å². The van der Waals surface area contributed by atoms with Crippen molar-refractivity contribution in [3.63, 3.8) is 0 Å². The van der Waals surface area contributed by atoms with E-state index in [1.807, 2.05) is 30.5 Å². The van der Waals surface area contributed by atoms with E-state index in [2.05, 4.69) is 10.3 Å². The number of fused-ring (bicyclic) bond motifs is 1. The van der Waals surface area contributed by atoms with Crippen LogP contribution in [0.3, 0.4) is 0 Å². The molecule has 2 aromatic carbocycles. The Labute approximate surface area is 165 Å². The van der Waals surface area contributed by atoms with Crippen molar-refractivity contribution in [2.45, 2.75) is 25.9 Å². The number of hydrogen-bond donors (Lipinski definition) is 1. The van der Waals surface area contributed by atoms with Crippen LogP contribution in [0.25, 0.3) is 0 Å². The lowest BCUT2D eigenvalue weighted by atomic mass is 10.0. The number of nitrogens with zero attached hydrogens (tertiary/aromatic N) is 2. The molecule has 0 aliphatic carbocycles. The van der Waals surface area contributed by atoms with Crippen molar-refractivity contribution >= 4 is 28.3 Å². The summed E-state index contributed by atoms with van der Waals surface area (Å²) in [6, 6.07) is 12.8. The summed E-state index contributed by atoms with van der Waals surface area (Å²) in [6.07, 6.45) is 0.0595. The van der Waals surface area contributed by atoms with Gasteiger partial charge in [-0.15, -0.1) is 11.3 Å². The molecule has 4 rings (SSSR count). The molecule has 1 aliphatic rings. The van der Waals surface area contributed by atoms with Crippen LogP contribution in [-0.4, -0.2) is 21.7 Å². The summed E-state index contributed by atoms with van der Waals surface area (Å²) < 4.78 is 13.4. The van der Waals surface area contributed by atoms with Crippen LogP contribution in [0.1, 0.15) is 39.6 Å². The fourth-order valence-electron chi connectivity index (χ4n) is 3.38. The highest BCUT2D eigenvalue weighted by Gasteiger charge is 2.34. The lowest BCUT2D eigenvalue weighted by Crippen LogP contribution is -2.32. The molecule has 3 aromatic rings. The van der Waals surface area contributed by atoms with Crippen LogP contribution in [0.5, 0.6) is 0 Å². The minimum absolute atomic E-state index is 0.0595. The Kier molecular flexibility index (Phi) is 4.92. The van der Waals surface area contributed by atoms with Crippen LogP contribution in [-0.2, 0) is 11.3 Å². The van der Waals surface area contributed by atoms with E-state index in [1.54, 1.807) is 23.1 Å². The molecule has 0 bridgehead atoms. The van der Waals surface area contributed by atoms with Crippen LogP contribution in [0.2, 0.25) is 0 Å². The molecule has 0 spiro atoms. The molecule has 5 nitrogen and oxygen atoms in total. The first-order valence-corrected chi connectivity index (χ1v) is 9.75. The van der Waals surface area contributed by atoms with E-state index in [4.69, 9.17) is 0 Å². The Balaban J connectivity index is 1.60. The second-order valence-electron chi connectivity index (χ2n) is 6.70. The number of benzene rings is 2. The van der Waals surface area contributed by atoms with Gasteiger partial charge in [-0.05, 0) is 36.2 Å². The van der Waals surface area contributed by atoms with Gasteiger partial charge < -0.3 is 10.2 Å². The standard InChI is InChI=1S/C21H18FN3O2S/c1-13-12-28-21(23-13)24-19(26)10-18(14-6-8-16(22)9-7-14)25-11-15-4-2-3-5-17(15)20(25)27/h2-9,12,18H,10-11H2,1H3,(H,23,24,26). The van der Waals surface area contributed by atoms with Gasteiger partial charge in [-0.25, -0.2) is 9.37 Å². The molecule has 2 heterocycles. The fourth-order valence-corrected chi connectivity index (χ4v) is 4.08.